The Morgan fingerprint density at radius 1 is 0.857 bits per heavy atom. The molecular weight excluding hydrogens is 381 g/mol. The van der Waals surface area contributed by atoms with Gasteiger partial charge in [0.1, 0.15) is 17.3 Å². The van der Waals surface area contributed by atoms with Crippen LogP contribution in [0.15, 0.2) is 77.7 Å². The van der Waals surface area contributed by atoms with E-state index in [1.807, 2.05) is 0 Å². The van der Waals surface area contributed by atoms with E-state index in [0.717, 1.165) is 0 Å². The summed E-state index contributed by atoms with van der Waals surface area (Å²) in [6.07, 6.45) is 0. The normalized spacial score (nSPS) is 11.1. The molecule has 0 unspecified atom stereocenters. The largest absolute Gasteiger partial charge is 0.497 e. The predicted octanol–water partition coefficient (Wildman–Crippen LogP) is 4.24. The van der Waals surface area contributed by atoms with Crippen LogP contribution in [0.4, 0.5) is 10.1 Å². The number of rotatable bonds is 7. The monoisotopic (exact) mass is 401 g/mol. The highest BCUT2D eigenvalue weighted by Crippen LogP contribution is 2.29. The van der Waals surface area contributed by atoms with Crippen LogP contribution in [0.25, 0.3) is 0 Å². The van der Waals surface area contributed by atoms with Crippen molar-refractivity contribution in [2.24, 2.45) is 0 Å². The number of methoxy groups -OCH3 is 2. The van der Waals surface area contributed by atoms with Crippen LogP contribution >= 0.6 is 0 Å². The van der Waals surface area contributed by atoms with Crippen molar-refractivity contribution in [2.75, 3.05) is 18.5 Å². The van der Waals surface area contributed by atoms with Crippen LogP contribution in [-0.4, -0.2) is 22.6 Å². The van der Waals surface area contributed by atoms with Gasteiger partial charge in [0.05, 0.1) is 31.3 Å². The van der Waals surface area contributed by atoms with E-state index in [2.05, 4.69) is 0 Å². The van der Waals surface area contributed by atoms with E-state index in [0.29, 0.717) is 22.7 Å². The van der Waals surface area contributed by atoms with Crippen molar-refractivity contribution in [1.82, 2.24) is 0 Å². The highest BCUT2D eigenvalue weighted by Gasteiger charge is 2.26. The lowest BCUT2D eigenvalue weighted by molar-refractivity contribution is 0.414. The van der Waals surface area contributed by atoms with E-state index in [1.54, 1.807) is 48.5 Å². The van der Waals surface area contributed by atoms with E-state index in [4.69, 9.17) is 9.47 Å². The second kappa shape index (κ2) is 8.31. The first kappa shape index (κ1) is 19.7. The second-order valence-corrected chi connectivity index (χ2v) is 7.88. The van der Waals surface area contributed by atoms with Gasteiger partial charge in [0.25, 0.3) is 10.0 Å². The summed E-state index contributed by atoms with van der Waals surface area (Å²) in [5.41, 5.74) is 0.944. The third-order valence-corrected chi connectivity index (χ3v) is 5.99. The molecule has 0 atom stereocenters. The first-order valence-electron chi connectivity index (χ1n) is 8.49. The maximum atomic E-state index is 13.6. The molecule has 0 heterocycles. The fourth-order valence-electron chi connectivity index (χ4n) is 2.76. The number of sulfonamides is 1. The van der Waals surface area contributed by atoms with Gasteiger partial charge in [-0.3, -0.25) is 4.31 Å². The molecule has 0 radical (unpaired) electrons. The van der Waals surface area contributed by atoms with E-state index < -0.39 is 15.8 Å². The van der Waals surface area contributed by atoms with Gasteiger partial charge in [-0.1, -0.05) is 18.2 Å². The number of halogens is 1. The molecule has 3 aromatic rings. The minimum Gasteiger partial charge on any atom is -0.497 e. The molecule has 7 heteroatoms. The summed E-state index contributed by atoms with van der Waals surface area (Å²) in [6, 6.07) is 18.7. The maximum Gasteiger partial charge on any atom is 0.264 e. The molecule has 0 saturated carbocycles. The van der Waals surface area contributed by atoms with Crippen LogP contribution in [0.2, 0.25) is 0 Å². The average Bonchev–Trinajstić information content (AvgIpc) is 2.72. The Kier molecular flexibility index (Phi) is 5.84. The quantitative estimate of drug-likeness (QED) is 0.594. The van der Waals surface area contributed by atoms with Crippen LogP contribution in [0.3, 0.4) is 0 Å². The number of ether oxygens (including phenoxy) is 2. The molecule has 0 aliphatic carbocycles. The Morgan fingerprint density at radius 3 is 2.18 bits per heavy atom. The molecule has 0 aliphatic heterocycles. The van der Waals surface area contributed by atoms with Gasteiger partial charge in [-0.2, -0.15) is 0 Å². The summed E-state index contributed by atoms with van der Waals surface area (Å²) < 4.78 is 51.9. The summed E-state index contributed by atoms with van der Waals surface area (Å²) in [5, 5.41) is 0. The van der Waals surface area contributed by atoms with Crippen molar-refractivity contribution in [3.8, 4) is 11.5 Å². The first-order valence-corrected chi connectivity index (χ1v) is 9.93. The van der Waals surface area contributed by atoms with E-state index in [1.165, 1.54) is 42.8 Å². The zero-order valence-electron chi connectivity index (χ0n) is 15.5. The summed E-state index contributed by atoms with van der Waals surface area (Å²) in [6.45, 7) is -0.0285. The van der Waals surface area contributed by atoms with Crippen LogP contribution in [0.1, 0.15) is 5.56 Å². The highest BCUT2D eigenvalue weighted by molar-refractivity contribution is 7.92. The molecule has 0 bridgehead atoms. The van der Waals surface area contributed by atoms with E-state index in [9.17, 15) is 12.8 Å². The zero-order valence-corrected chi connectivity index (χ0v) is 16.3. The van der Waals surface area contributed by atoms with Gasteiger partial charge < -0.3 is 9.47 Å². The molecule has 3 rings (SSSR count). The molecule has 3 aromatic carbocycles. The molecule has 0 spiro atoms. The van der Waals surface area contributed by atoms with Crippen molar-refractivity contribution in [3.63, 3.8) is 0 Å². The van der Waals surface area contributed by atoms with E-state index >= 15 is 0 Å². The van der Waals surface area contributed by atoms with Gasteiger partial charge in [0.15, 0.2) is 0 Å². The van der Waals surface area contributed by atoms with Gasteiger partial charge in [-0.25, -0.2) is 12.8 Å². The number of anilines is 1. The van der Waals surface area contributed by atoms with Gasteiger partial charge in [-0.05, 0) is 54.1 Å². The first-order chi connectivity index (χ1) is 13.4. The fraction of sp³-hybridized carbons (Fsp3) is 0.143. The molecule has 5 nitrogen and oxygen atoms in total. The van der Waals surface area contributed by atoms with Crippen molar-refractivity contribution in [2.45, 2.75) is 11.4 Å². The molecule has 0 saturated heterocycles. The molecule has 0 aliphatic rings. The third-order valence-electron chi connectivity index (χ3n) is 4.20. The van der Waals surface area contributed by atoms with Crippen LogP contribution in [0, 0.1) is 5.82 Å². The van der Waals surface area contributed by atoms with Gasteiger partial charge >= 0.3 is 0 Å². The smallest absolute Gasteiger partial charge is 0.264 e. The third kappa shape index (κ3) is 4.26. The van der Waals surface area contributed by atoms with Crippen molar-refractivity contribution >= 4 is 15.7 Å². The lowest BCUT2D eigenvalue weighted by atomic mass is 10.2. The lowest BCUT2D eigenvalue weighted by Crippen LogP contribution is -2.30. The Labute approximate surface area is 164 Å². The summed E-state index contributed by atoms with van der Waals surface area (Å²) in [5.74, 6) is 0.647. The molecule has 0 N–H and O–H groups in total. The number of benzene rings is 3. The Balaban J connectivity index is 2.08. The molecule has 0 aromatic heterocycles. The topological polar surface area (TPSA) is 55.8 Å². The van der Waals surface area contributed by atoms with Crippen molar-refractivity contribution in [1.29, 1.82) is 0 Å². The molecule has 28 heavy (non-hydrogen) atoms. The SMILES string of the molecule is COc1ccc(S(=O)(=O)N(Cc2cccc(F)c2)c2cccc(OC)c2)cc1. The van der Waals surface area contributed by atoms with Gasteiger partial charge in [0, 0.05) is 6.07 Å². The molecule has 0 fully saturated rings. The summed E-state index contributed by atoms with van der Waals surface area (Å²) in [7, 11) is -0.897. The lowest BCUT2D eigenvalue weighted by Gasteiger charge is -2.25. The van der Waals surface area contributed by atoms with Crippen molar-refractivity contribution in [3.05, 3.63) is 84.2 Å². The number of hydrogen-bond donors (Lipinski definition) is 0. The van der Waals surface area contributed by atoms with Gasteiger partial charge in [-0.15, -0.1) is 0 Å². The maximum absolute atomic E-state index is 13.6. The molecular formula is C21H20FNO4S. The minimum atomic E-state index is -3.92. The summed E-state index contributed by atoms with van der Waals surface area (Å²) >= 11 is 0. The molecule has 146 valence electrons. The van der Waals surface area contributed by atoms with Crippen LogP contribution < -0.4 is 13.8 Å². The molecule has 0 amide bonds. The summed E-state index contributed by atoms with van der Waals surface area (Å²) in [4.78, 5) is 0.104. The van der Waals surface area contributed by atoms with Gasteiger partial charge in [0.2, 0.25) is 0 Å². The zero-order chi connectivity index (χ0) is 20.1. The Bertz CT molecular complexity index is 1050. The highest BCUT2D eigenvalue weighted by atomic mass is 32.2. The predicted molar refractivity (Wildman–Crippen MR) is 106 cm³/mol. The van der Waals surface area contributed by atoms with Crippen LogP contribution in [0.5, 0.6) is 11.5 Å². The Morgan fingerprint density at radius 2 is 1.54 bits per heavy atom. The second-order valence-electron chi connectivity index (χ2n) is 6.02. The fourth-order valence-corrected chi connectivity index (χ4v) is 4.20. The van der Waals surface area contributed by atoms with Crippen LogP contribution in [-0.2, 0) is 16.6 Å². The average molecular weight is 401 g/mol. The minimum absolute atomic E-state index is 0.0285. The number of nitrogens with zero attached hydrogens (tertiary/aromatic N) is 1. The Hall–Kier alpha value is -3.06. The van der Waals surface area contributed by atoms with E-state index in [-0.39, 0.29) is 11.4 Å². The standard InChI is InChI=1S/C21H20FNO4S/c1-26-19-9-11-21(12-10-19)28(24,25)23(15-16-5-3-6-17(22)13-16)18-7-4-8-20(14-18)27-2/h3-14H,15H2,1-2H3. The van der Waals surface area contributed by atoms with Crippen molar-refractivity contribution < 1.29 is 22.3 Å². The number of hydrogen-bond acceptors (Lipinski definition) is 4.